The highest BCUT2D eigenvalue weighted by Gasteiger charge is 2.36. The van der Waals surface area contributed by atoms with Crippen LogP contribution < -0.4 is 9.62 Å². The molecule has 2 rings (SSSR count). The lowest BCUT2D eigenvalue weighted by molar-refractivity contribution is -0.116. The Balaban J connectivity index is 2.06. The number of amides is 2. The second kappa shape index (κ2) is 7.75. The molecule has 7 nitrogen and oxygen atoms in total. The fraction of sp³-hybridized carbons (Fsp3) is 0.556. The molecule has 1 saturated heterocycles. The van der Waals surface area contributed by atoms with Gasteiger partial charge in [-0.15, -0.1) is 0 Å². The molecule has 26 heavy (non-hydrogen) atoms. The third kappa shape index (κ3) is 4.24. The summed E-state index contributed by atoms with van der Waals surface area (Å²) in [7, 11) is -3.59. The lowest BCUT2D eigenvalue weighted by Crippen LogP contribution is -2.51. The highest BCUT2D eigenvalue weighted by atomic mass is 32.2. The molecular weight excluding hydrogens is 354 g/mol. The zero-order chi connectivity index (χ0) is 19.5. The molecule has 1 aromatic carbocycles. The van der Waals surface area contributed by atoms with Crippen molar-refractivity contribution < 1.29 is 18.0 Å². The van der Waals surface area contributed by atoms with Crippen molar-refractivity contribution in [2.24, 2.45) is 0 Å². The summed E-state index contributed by atoms with van der Waals surface area (Å²) in [4.78, 5) is 26.5. The number of likely N-dealkylation sites (N-methyl/N-ethyl adjacent to an activating group) is 1. The van der Waals surface area contributed by atoms with Gasteiger partial charge in [-0.1, -0.05) is 13.8 Å². The smallest absolute Gasteiger partial charge is 0.251 e. The molecule has 0 unspecified atom stereocenters. The summed E-state index contributed by atoms with van der Waals surface area (Å²) in [6, 6.07) is 6.06. The molecule has 1 aromatic rings. The first kappa shape index (κ1) is 20.4. The normalized spacial score (nSPS) is 17.0. The predicted octanol–water partition coefficient (Wildman–Crippen LogP) is 1.60. The Kier molecular flexibility index (Phi) is 6.08. The summed E-state index contributed by atoms with van der Waals surface area (Å²) >= 11 is 0. The Bertz CT molecular complexity index is 768. The summed E-state index contributed by atoms with van der Waals surface area (Å²) in [6.45, 7) is 10.6. The molecule has 1 heterocycles. The first-order valence-electron chi connectivity index (χ1n) is 8.81. The number of hydrogen-bond donors (Lipinski definition) is 1. The Morgan fingerprint density at radius 3 is 2.23 bits per heavy atom. The van der Waals surface area contributed by atoms with Crippen molar-refractivity contribution in [2.45, 2.75) is 39.7 Å². The molecular formula is C18H27N3O4S. The maximum atomic E-state index is 12.4. The van der Waals surface area contributed by atoms with Gasteiger partial charge in [-0.05, 0) is 51.2 Å². The van der Waals surface area contributed by atoms with Crippen LogP contribution in [0.15, 0.2) is 24.3 Å². The third-order valence-electron chi connectivity index (χ3n) is 4.74. The maximum absolute atomic E-state index is 12.4. The highest BCUT2D eigenvalue weighted by molar-refractivity contribution is 7.94. The van der Waals surface area contributed by atoms with Crippen LogP contribution in [0.2, 0.25) is 0 Å². The van der Waals surface area contributed by atoms with Crippen LogP contribution in [0.3, 0.4) is 0 Å². The predicted molar refractivity (Wildman–Crippen MR) is 102 cm³/mol. The van der Waals surface area contributed by atoms with Crippen molar-refractivity contribution in [2.75, 3.05) is 29.7 Å². The molecule has 0 aromatic heterocycles. The topological polar surface area (TPSA) is 86.8 Å². The van der Waals surface area contributed by atoms with Gasteiger partial charge < -0.3 is 5.32 Å². The Morgan fingerprint density at radius 2 is 1.77 bits per heavy atom. The van der Waals surface area contributed by atoms with Gasteiger partial charge in [-0.3, -0.25) is 14.5 Å². The third-order valence-corrected chi connectivity index (χ3v) is 6.43. The molecule has 8 heteroatoms. The van der Waals surface area contributed by atoms with Crippen LogP contribution >= 0.6 is 0 Å². The number of nitrogens with one attached hydrogen (secondary N) is 1. The Labute approximate surface area is 155 Å². The summed E-state index contributed by atoms with van der Waals surface area (Å²) < 4.78 is 24.7. The van der Waals surface area contributed by atoms with Gasteiger partial charge in [0.2, 0.25) is 15.9 Å². The van der Waals surface area contributed by atoms with E-state index in [4.69, 9.17) is 0 Å². The van der Waals surface area contributed by atoms with Gasteiger partial charge in [0.15, 0.2) is 0 Å². The highest BCUT2D eigenvalue weighted by Crippen LogP contribution is 2.25. The van der Waals surface area contributed by atoms with E-state index in [-0.39, 0.29) is 29.3 Å². The van der Waals surface area contributed by atoms with Gasteiger partial charge in [0.1, 0.15) is 0 Å². The fourth-order valence-electron chi connectivity index (χ4n) is 3.21. The molecule has 0 radical (unpaired) electrons. The molecule has 1 aliphatic rings. The van der Waals surface area contributed by atoms with Gasteiger partial charge in [0.25, 0.3) is 5.91 Å². The monoisotopic (exact) mass is 381 g/mol. The van der Waals surface area contributed by atoms with Crippen LogP contribution in [0.1, 0.15) is 44.5 Å². The second-order valence-corrected chi connectivity index (χ2v) is 8.88. The van der Waals surface area contributed by atoms with Gasteiger partial charge in [-0.25, -0.2) is 12.7 Å². The molecule has 0 atom stereocenters. The van der Waals surface area contributed by atoms with Crippen LogP contribution in [0.25, 0.3) is 0 Å². The quantitative estimate of drug-likeness (QED) is 0.775. The number of rotatable bonds is 7. The van der Waals surface area contributed by atoms with E-state index in [1.54, 1.807) is 0 Å². The van der Waals surface area contributed by atoms with E-state index in [0.717, 1.165) is 17.4 Å². The Hall–Kier alpha value is -1.93. The zero-order valence-corrected chi connectivity index (χ0v) is 16.6. The zero-order valence-electron chi connectivity index (χ0n) is 15.8. The van der Waals surface area contributed by atoms with E-state index in [0.29, 0.717) is 12.1 Å². The average molecular weight is 381 g/mol. The number of benzene rings is 1. The average Bonchev–Trinajstić information content (AvgIpc) is 2.86. The lowest BCUT2D eigenvalue weighted by atomic mass is 10.0. The molecule has 0 spiro atoms. The molecule has 1 fully saturated rings. The maximum Gasteiger partial charge on any atom is 0.251 e. The first-order chi connectivity index (χ1) is 12.1. The molecule has 1 aliphatic heterocycles. The van der Waals surface area contributed by atoms with Gasteiger partial charge in [0.05, 0.1) is 11.4 Å². The molecule has 0 saturated carbocycles. The minimum atomic E-state index is -3.59. The standard InChI is InChI=1S/C18H27N3O4S/c1-5-20(6-2)18(3,4)13-19-17(23)14-7-9-15(10-8-14)21-16(22)11-12-26(21,24)25/h7-10H,5-6,11-13H2,1-4H3,(H,19,23). The number of hydrogen-bond acceptors (Lipinski definition) is 5. The summed E-state index contributed by atoms with van der Waals surface area (Å²) in [5.41, 5.74) is 0.524. The first-order valence-corrected chi connectivity index (χ1v) is 10.4. The van der Waals surface area contributed by atoms with Crippen LogP contribution in [0.5, 0.6) is 0 Å². The van der Waals surface area contributed by atoms with E-state index in [1.807, 2.05) is 0 Å². The van der Waals surface area contributed by atoms with Crippen LogP contribution in [-0.2, 0) is 14.8 Å². The lowest BCUT2D eigenvalue weighted by Gasteiger charge is -2.37. The Morgan fingerprint density at radius 1 is 1.19 bits per heavy atom. The number of carbonyl (C=O) groups is 2. The summed E-state index contributed by atoms with van der Waals surface area (Å²) in [6.07, 6.45) is -0.00892. The largest absolute Gasteiger partial charge is 0.350 e. The van der Waals surface area contributed by atoms with E-state index >= 15 is 0 Å². The van der Waals surface area contributed by atoms with E-state index in [9.17, 15) is 18.0 Å². The number of nitrogens with zero attached hydrogens (tertiary/aromatic N) is 2. The SMILES string of the molecule is CCN(CC)C(C)(C)CNC(=O)c1ccc(N2C(=O)CCS2(=O)=O)cc1. The number of anilines is 1. The fourth-order valence-corrected chi connectivity index (χ4v) is 4.67. The minimum Gasteiger partial charge on any atom is -0.350 e. The second-order valence-electron chi connectivity index (χ2n) is 6.94. The van der Waals surface area contributed by atoms with E-state index in [2.05, 4.69) is 37.9 Å². The van der Waals surface area contributed by atoms with Crippen molar-refractivity contribution in [1.82, 2.24) is 10.2 Å². The van der Waals surface area contributed by atoms with Crippen molar-refractivity contribution in [3.05, 3.63) is 29.8 Å². The number of carbonyl (C=O) groups excluding carboxylic acids is 2. The van der Waals surface area contributed by atoms with Crippen LogP contribution in [-0.4, -0.2) is 56.1 Å². The van der Waals surface area contributed by atoms with E-state index < -0.39 is 15.9 Å². The molecule has 144 valence electrons. The summed E-state index contributed by atoms with van der Waals surface area (Å²) in [5.74, 6) is -0.843. The molecule has 0 aliphatic carbocycles. The number of sulfonamides is 1. The van der Waals surface area contributed by atoms with Crippen molar-refractivity contribution in [1.29, 1.82) is 0 Å². The van der Waals surface area contributed by atoms with Gasteiger partial charge >= 0.3 is 0 Å². The van der Waals surface area contributed by atoms with Gasteiger partial charge in [-0.2, -0.15) is 0 Å². The van der Waals surface area contributed by atoms with Gasteiger partial charge in [0, 0.05) is 24.1 Å². The molecule has 1 N–H and O–H groups in total. The van der Waals surface area contributed by atoms with Crippen LogP contribution in [0.4, 0.5) is 5.69 Å². The van der Waals surface area contributed by atoms with E-state index in [1.165, 1.54) is 24.3 Å². The van der Waals surface area contributed by atoms with Crippen LogP contribution in [0, 0.1) is 0 Å². The van der Waals surface area contributed by atoms with Crippen molar-refractivity contribution in [3.63, 3.8) is 0 Å². The molecule has 0 bridgehead atoms. The van der Waals surface area contributed by atoms with Crippen molar-refractivity contribution in [3.8, 4) is 0 Å². The minimum absolute atomic E-state index is 0.00892. The van der Waals surface area contributed by atoms with Crippen molar-refractivity contribution >= 4 is 27.5 Å². The molecule has 2 amide bonds. The summed E-state index contributed by atoms with van der Waals surface area (Å²) in [5, 5.41) is 2.92.